The normalized spacial score (nSPS) is 25.4. The van der Waals surface area contributed by atoms with Crippen LogP contribution in [0.3, 0.4) is 0 Å². The van der Waals surface area contributed by atoms with E-state index in [2.05, 4.69) is 46.6 Å². The van der Waals surface area contributed by atoms with Gasteiger partial charge in [0.2, 0.25) is 0 Å². The first-order valence-corrected chi connectivity index (χ1v) is 9.69. The van der Waals surface area contributed by atoms with Gasteiger partial charge in [-0.05, 0) is 20.9 Å². The lowest BCUT2D eigenvalue weighted by Crippen LogP contribution is -2.55. The number of ether oxygens (including phenoxy) is 1. The van der Waals surface area contributed by atoms with E-state index in [0.29, 0.717) is 12.1 Å². The number of rotatable bonds is 2. The van der Waals surface area contributed by atoms with Crippen molar-refractivity contribution in [2.45, 2.75) is 32.4 Å². The van der Waals surface area contributed by atoms with Gasteiger partial charge in [0.15, 0.2) is 11.6 Å². The van der Waals surface area contributed by atoms with Crippen molar-refractivity contribution in [1.82, 2.24) is 14.8 Å². The highest BCUT2D eigenvalue weighted by Gasteiger charge is 2.33. The van der Waals surface area contributed by atoms with E-state index < -0.39 is 0 Å². The fourth-order valence-corrected chi connectivity index (χ4v) is 4.17. The zero-order valence-electron chi connectivity index (χ0n) is 15.8. The van der Waals surface area contributed by atoms with Crippen LogP contribution in [0.4, 0.5) is 11.5 Å². The van der Waals surface area contributed by atoms with E-state index in [0.717, 1.165) is 70.4 Å². The molecule has 0 bridgehead atoms. The van der Waals surface area contributed by atoms with Gasteiger partial charge in [-0.15, -0.1) is 0 Å². The molecule has 2 fully saturated rings. The maximum atomic E-state index is 6.13. The van der Waals surface area contributed by atoms with Crippen LogP contribution in [0.25, 0.3) is 0 Å². The lowest BCUT2D eigenvalue weighted by molar-refractivity contribution is 0.172. The molecule has 0 spiro atoms. The summed E-state index contributed by atoms with van der Waals surface area (Å²) in [4.78, 5) is 14.7. The van der Waals surface area contributed by atoms with Gasteiger partial charge in [0.25, 0.3) is 0 Å². The molecular weight excluding hydrogens is 314 g/mol. The van der Waals surface area contributed by atoms with E-state index in [1.807, 2.05) is 6.20 Å². The van der Waals surface area contributed by atoms with Crippen LogP contribution >= 0.6 is 0 Å². The summed E-state index contributed by atoms with van der Waals surface area (Å²) in [5.41, 5.74) is 1.20. The molecule has 138 valence electrons. The molecule has 0 aliphatic carbocycles. The van der Waals surface area contributed by atoms with Crippen LogP contribution in [0.15, 0.2) is 12.3 Å². The Morgan fingerprint density at radius 3 is 2.68 bits per heavy atom. The molecule has 4 rings (SSSR count). The first-order valence-electron chi connectivity index (χ1n) is 9.69. The Bertz CT molecular complexity index is 599. The first kappa shape index (κ1) is 16.9. The van der Waals surface area contributed by atoms with Crippen LogP contribution in [0.2, 0.25) is 0 Å². The summed E-state index contributed by atoms with van der Waals surface area (Å²) < 4.78 is 6.13. The number of pyridine rings is 1. The molecule has 3 aliphatic heterocycles. The second kappa shape index (κ2) is 7.00. The molecular formula is C19H31N5O. The maximum Gasteiger partial charge on any atom is 0.171 e. The molecule has 6 heteroatoms. The van der Waals surface area contributed by atoms with E-state index in [1.165, 1.54) is 5.69 Å². The number of likely N-dealkylation sites (N-methyl/N-ethyl adjacent to an activating group) is 1. The third kappa shape index (κ3) is 3.42. The summed E-state index contributed by atoms with van der Waals surface area (Å²) in [6, 6.07) is 3.34. The minimum atomic E-state index is 0.513. The number of fused-ring (bicyclic) bond motifs is 3. The zero-order valence-corrected chi connectivity index (χ0v) is 15.8. The smallest absolute Gasteiger partial charge is 0.171 e. The lowest BCUT2D eigenvalue weighted by Gasteiger charge is -2.43. The van der Waals surface area contributed by atoms with Crippen molar-refractivity contribution in [3.05, 3.63) is 12.3 Å². The number of anilines is 2. The van der Waals surface area contributed by atoms with Gasteiger partial charge in [-0.2, -0.15) is 0 Å². The van der Waals surface area contributed by atoms with Crippen molar-refractivity contribution in [2.24, 2.45) is 0 Å². The summed E-state index contributed by atoms with van der Waals surface area (Å²) in [5, 5.41) is 0. The predicted molar refractivity (Wildman–Crippen MR) is 102 cm³/mol. The van der Waals surface area contributed by atoms with Crippen LogP contribution in [-0.2, 0) is 0 Å². The van der Waals surface area contributed by atoms with Crippen molar-refractivity contribution in [2.75, 3.05) is 69.3 Å². The molecule has 0 aromatic carbocycles. The van der Waals surface area contributed by atoms with Gasteiger partial charge < -0.3 is 19.4 Å². The third-order valence-electron chi connectivity index (χ3n) is 5.91. The molecule has 1 aromatic heterocycles. The highest BCUT2D eigenvalue weighted by molar-refractivity contribution is 5.61. The zero-order chi connectivity index (χ0) is 17.4. The Hall–Kier alpha value is -1.53. The molecule has 25 heavy (non-hydrogen) atoms. The highest BCUT2D eigenvalue weighted by atomic mass is 16.5. The second-order valence-electron chi connectivity index (χ2n) is 7.88. The van der Waals surface area contributed by atoms with Crippen molar-refractivity contribution in [1.29, 1.82) is 0 Å². The van der Waals surface area contributed by atoms with Crippen molar-refractivity contribution in [3.63, 3.8) is 0 Å². The van der Waals surface area contributed by atoms with Crippen LogP contribution in [0.5, 0.6) is 5.75 Å². The summed E-state index contributed by atoms with van der Waals surface area (Å²) in [6.07, 6.45) is 3.12. The van der Waals surface area contributed by atoms with Gasteiger partial charge in [-0.25, -0.2) is 4.98 Å². The number of hydrogen-bond acceptors (Lipinski definition) is 6. The summed E-state index contributed by atoms with van der Waals surface area (Å²) in [6.45, 7) is 13.0. The van der Waals surface area contributed by atoms with Crippen molar-refractivity contribution < 1.29 is 4.74 Å². The van der Waals surface area contributed by atoms with Crippen molar-refractivity contribution in [3.8, 4) is 5.75 Å². The Labute approximate surface area is 151 Å². The molecule has 0 N–H and O–H groups in total. The Kier molecular flexibility index (Phi) is 4.73. The fourth-order valence-electron chi connectivity index (χ4n) is 4.17. The molecule has 1 atom stereocenters. The quantitative estimate of drug-likeness (QED) is 0.809. The Balaban J connectivity index is 1.54. The predicted octanol–water partition coefficient (Wildman–Crippen LogP) is 1.51. The summed E-state index contributed by atoms with van der Waals surface area (Å²) in [7, 11) is 2.19. The molecule has 2 saturated heterocycles. The average molecular weight is 345 g/mol. The van der Waals surface area contributed by atoms with Crippen molar-refractivity contribution >= 4 is 11.5 Å². The average Bonchev–Trinajstić information content (AvgIpc) is 2.80. The van der Waals surface area contributed by atoms with E-state index in [1.54, 1.807) is 0 Å². The van der Waals surface area contributed by atoms with Crippen LogP contribution in [-0.4, -0.2) is 86.3 Å². The summed E-state index contributed by atoms with van der Waals surface area (Å²) >= 11 is 0. The minimum absolute atomic E-state index is 0.513. The van der Waals surface area contributed by atoms with Gasteiger partial charge in [0.05, 0.1) is 18.5 Å². The van der Waals surface area contributed by atoms with Gasteiger partial charge in [-0.1, -0.05) is 0 Å². The molecule has 3 aliphatic rings. The van der Waals surface area contributed by atoms with Gasteiger partial charge >= 0.3 is 0 Å². The monoisotopic (exact) mass is 345 g/mol. The third-order valence-corrected chi connectivity index (χ3v) is 5.91. The number of hydrogen-bond donors (Lipinski definition) is 0. The fraction of sp³-hybridized carbons (Fsp3) is 0.737. The topological polar surface area (TPSA) is 35.1 Å². The van der Waals surface area contributed by atoms with Gasteiger partial charge in [-0.3, -0.25) is 4.90 Å². The molecule has 0 radical (unpaired) electrons. The second-order valence-corrected chi connectivity index (χ2v) is 7.88. The Morgan fingerprint density at radius 2 is 1.92 bits per heavy atom. The molecule has 0 saturated carbocycles. The SMILES string of the molecule is CC(C)N1CCN2c3ncc(N4CCN(C)CC4)cc3OCC[C@H]2C1. The molecule has 6 nitrogen and oxygen atoms in total. The highest BCUT2D eigenvalue weighted by Crippen LogP contribution is 2.35. The van der Waals surface area contributed by atoms with Crippen LogP contribution in [0, 0.1) is 0 Å². The standard InChI is InChI=1S/C19H31N5O/c1-15(2)23-9-10-24-16(14-23)4-11-25-18-12-17(13-20-19(18)24)22-7-5-21(3)6-8-22/h12-13,15-16H,4-11,14H2,1-3H3/t16-/m0/s1. The van der Waals surface area contributed by atoms with Crippen LogP contribution < -0.4 is 14.5 Å². The lowest BCUT2D eigenvalue weighted by atomic mass is 10.1. The molecule has 4 heterocycles. The van der Waals surface area contributed by atoms with E-state index in [4.69, 9.17) is 9.72 Å². The molecule has 0 amide bonds. The van der Waals surface area contributed by atoms with Gasteiger partial charge in [0.1, 0.15) is 0 Å². The van der Waals surface area contributed by atoms with E-state index >= 15 is 0 Å². The number of aromatic nitrogens is 1. The minimum Gasteiger partial charge on any atom is -0.490 e. The number of nitrogens with zero attached hydrogens (tertiary/aromatic N) is 5. The van der Waals surface area contributed by atoms with E-state index in [9.17, 15) is 0 Å². The van der Waals surface area contributed by atoms with E-state index in [-0.39, 0.29) is 0 Å². The molecule has 0 unspecified atom stereocenters. The Morgan fingerprint density at radius 1 is 1.12 bits per heavy atom. The van der Waals surface area contributed by atoms with Crippen LogP contribution in [0.1, 0.15) is 20.3 Å². The largest absolute Gasteiger partial charge is 0.490 e. The maximum absolute atomic E-state index is 6.13. The molecule has 1 aromatic rings. The van der Waals surface area contributed by atoms with Gasteiger partial charge in [0, 0.05) is 70.4 Å². The summed E-state index contributed by atoms with van der Waals surface area (Å²) in [5.74, 6) is 2.01. The first-order chi connectivity index (χ1) is 12.1. The number of piperazine rings is 2.